The number of aromatic carboxylic acids is 1. The molecular weight excluding hydrogens is 284 g/mol. The van der Waals surface area contributed by atoms with Gasteiger partial charge in [-0.25, -0.2) is 19.3 Å². The van der Waals surface area contributed by atoms with E-state index in [0.717, 1.165) is 24.2 Å². The van der Waals surface area contributed by atoms with Gasteiger partial charge in [0.15, 0.2) is 5.69 Å². The Morgan fingerprint density at radius 2 is 2.14 bits per heavy atom. The number of methoxy groups -OCH3 is 1. The maximum Gasteiger partial charge on any atom is 0.377 e. The van der Waals surface area contributed by atoms with Crippen LogP contribution in [0.25, 0.3) is 5.69 Å². The van der Waals surface area contributed by atoms with Gasteiger partial charge in [-0.15, -0.1) is 5.10 Å². The molecule has 0 amide bonds. The first-order chi connectivity index (χ1) is 9.95. The van der Waals surface area contributed by atoms with Crippen LogP contribution in [0.5, 0.6) is 0 Å². The Balaban J connectivity index is 2.66. The normalized spacial score (nSPS) is 10.1. The van der Waals surface area contributed by atoms with E-state index in [1.54, 1.807) is 0 Å². The summed E-state index contributed by atoms with van der Waals surface area (Å²) >= 11 is 0. The number of esters is 1. The molecule has 0 aliphatic carbocycles. The Bertz CT molecular complexity index is 706. The van der Waals surface area contributed by atoms with Crippen molar-refractivity contribution < 1.29 is 24.4 Å². The largest absolute Gasteiger partial charge is 0.478 e. The van der Waals surface area contributed by atoms with Crippen LogP contribution in [0, 0.1) is 10.1 Å². The molecule has 2 rings (SSSR count). The number of nitrogens with zero attached hydrogens (tertiary/aromatic N) is 4. The summed E-state index contributed by atoms with van der Waals surface area (Å²) in [6.45, 7) is 0. The molecule has 1 aromatic heterocycles. The fourth-order valence-corrected chi connectivity index (χ4v) is 1.65. The Labute approximate surface area is 116 Å². The van der Waals surface area contributed by atoms with Gasteiger partial charge in [-0.05, 0) is 6.07 Å². The van der Waals surface area contributed by atoms with Crippen LogP contribution in [0.2, 0.25) is 0 Å². The van der Waals surface area contributed by atoms with Gasteiger partial charge in [-0.3, -0.25) is 10.1 Å². The number of benzene rings is 1. The molecule has 1 heterocycles. The Kier molecular flexibility index (Phi) is 3.61. The molecule has 0 bridgehead atoms. The summed E-state index contributed by atoms with van der Waals surface area (Å²) in [6.07, 6.45) is 1.00. The van der Waals surface area contributed by atoms with Crippen molar-refractivity contribution in [2.24, 2.45) is 0 Å². The molecule has 0 fully saturated rings. The average molecular weight is 292 g/mol. The first-order valence-electron chi connectivity index (χ1n) is 5.46. The van der Waals surface area contributed by atoms with E-state index in [9.17, 15) is 19.7 Å². The molecule has 0 unspecified atom stereocenters. The van der Waals surface area contributed by atoms with Crippen molar-refractivity contribution in [3.05, 3.63) is 46.0 Å². The van der Waals surface area contributed by atoms with Gasteiger partial charge in [0.25, 0.3) is 11.5 Å². The number of hydrogen-bond acceptors (Lipinski definition) is 7. The van der Waals surface area contributed by atoms with Crippen LogP contribution in [0.15, 0.2) is 24.5 Å². The molecule has 0 saturated heterocycles. The second-order valence-corrected chi connectivity index (χ2v) is 3.74. The maximum absolute atomic E-state index is 11.3. The number of aromatic nitrogens is 3. The summed E-state index contributed by atoms with van der Waals surface area (Å²) in [7, 11) is 1.12. The van der Waals surface area contributed by atoms with Crippen LogP contribution in [0.1, 0.15) is 21.0 Å². The van der Waals surface area contributed by atoms with Gasteiger partial charge in [0, 0.05) is 6.07 Å². The van der Waals surface area contributed by atoms with Gasteiger partial charge >= 0.3 is 11.9 Å². The van der Waals surface area contributed by atoms with E-state index in [-0.39, 0.29) is 17.1 Å². The Morgan fingerprint density at radius 3 is 2.71 bits per heavy atom. The van der Waals surface area contributed by atoms with Crippen LogP contribution in [-0.4, -0.2) is 43.8 Å². The van der Waals surface area contributed by atoms with E-state index in [2.05, 4.69) is 14.8 Å². The lowest BCUT2D eigenvalue weighted by Crippen LogP contribution is -2.10. The number of ether oxygens (including phenoxy) is 1. The number of rotatable bonds is 4. The Hall–Kier alpha value is -3.30. The molecule has 10 heteroatoms. The smallest absolute Gasteiger partial charge is 0.377 e. The van der Waals surface area contributed by atoms with Crippen molar-refractivity contribution in [3.8, 4) is 5.69 Å². The van der Waals surface area contributed by atoms with E-state index < -0.39 is 22.5 Å². The van der Waals surface area contributed by atoms with Gasteiger partial charge in [-0.2, -0.15) is 0 Å². The highest BCUT2D eigenvalue weighted by Crippen LogP contribution is 2.26. The zero-order chi connectivity index (χ0) is 15.6. The van der Waals surface area contributed by atoms with Gasteiger partial charge in [0.1, 0.15) is 6.33 Å². The second kappa shape index (κ2) is 5.36. The van der Waals surface area contributed by atoms with E-state index >= 15 is 0 Å². The van der Waals surface area contributed by atoms with Gasteiger partial charge in [0.05, 0.1) is 17.6 Å². The van der Waals surface area contributed by atoms with Gasteiger partial charge in [-0.1, -0.05) is 6.07 Å². The number of para-hydroxylation sites is 1. The third kappa shape index (κ3) is 2.54. The lowest BCUT2D eigenvalue weighted by molar-refractivity contribution is -0.384. The van der Waals surface area contributed by atoms with E-state index in [4.69, 9.17) is 5.11 Å². The maximum atomic E-state index is 11.3. The molecular formula is C11H8N4O6. The third-order valence-corrected chi connectivity index (χ3v) is 2.53. The highest BCUT2D eigenvalue weighted by molar-refractivity contribution is 5.94. The zero-order valence-electron chi connectivity index (χ0n) is 10.6. The zero-order valence-corrected chi connectivity index (χ0v) is 10.6. The molecule has 108 valence electrons. The van der Waals surface area contributed by atoms with Crippen LogP contribution in [0.4, 0.5) is 5.69 Å². The highest BCUT2D eigenvalue weighted by Gasteiger charge is 2.25. The number of nitro groups is 1. The predicted octanol–water partition coefficient (Wildman–Crippen LogP) is 0.660. The highest BCUT2D eigenvalue weighted by atomic mass is 16.6. The number of carboxylic acids is 1. The van der Waals surface area contributed by atoms with Gasteiger partial charge < -0.3 is 9.84 Å². The summed E-state index contributed by atoms with van der Waals surface area (Å²) < 4.78 is 5.27. The summed E-state index contributed by atoms with van der Waals surface area (Å²) in [5.74, 6) is -2.56. The Morgan fingerprint density at radius 1 is 1.43 bits per heavy atom. The number of carbonyl (C=O) groups is 2. The lowest BCUT2D eigenvalue weighted by atomic mass is 10.1. The average Bonchev–Trinajstić information content (AvgIpc) is 2.94. The lowest BCUT2D eigenvalue weighted by Gasteiger charge is -2.05. The summed E-state index contributed by atoms with van der Waals surface area (Å²) in [5, 5.41) is 23.8. The van der Waals surface area contributed by atoms with Crippen LogP contribution in [-0.2, 0) is 4.74 Å². The fraction of sp³-hybridized carbons (Fsp3) is 0.0909. The number of hydrogen-bond donors (Lipinski definition) is 1. The van der Waals surface area contributed by atoms with Crippen molar-refractivity contribution in [2.45, 2.75) is 0 Å². The van der Waals surface area contributed by atoms with Crippen molar-refractivity contribution in [2.75, 3.05) is 7.11 Å². The number of carboxylic acid groups (broad SMARTS) is 1. The van der Waals surface area contributed by atoms with E-state index in [0.29, 0.717) is 0 Å². The quantitative estimate of drug-likeness (QED) is 0.492. The van der Waals surface area contributed by atoms with E-state index in [1.807, 2.05) is 0 Å². The van der Waals surface area contributed by atoms with Crippen molar-refractivity contribution in [3.63, 3.8) is 0 Å². The van der Waals surface area contributed by atoms with Crippen LogP contribution >= 0.6 is 0 Å². The fourth-order valence-electron chi connectivity index (χ4n) is 1.65. The second-order valence-electron chi connectivity index (χ2n) is 3.74. The number of nitro benzene ring substituents is 1. The van der Waals surface area contributed by atoms with Crippen LogP contribution in [0.3, 0.4) is 0 Å². The van der Waals surface area contributed by atoms with E-state index in [1.165, 1.54) is 12.1 Å². The molecule has 10 nitrogen and oxygen atoms in total. The molecule has 0 radical (unpaired) electrons. The van der Waals surface area contributed by atoms with Crippen molar-refractivity contribution in [1.29, 1.82) is 0 Å². The molecule has 0 saturated carbocycles. The third-order valence-electron chi connectivity index (χ3n) is 2.53. The molecule has 1 N–H and O–H groups in total. The SMILES string of the molecule is COC(=O)c1ncn(-c2c(C(=O)O)cccc2[N+](=O)[O-])n1. The van der Waals surface area contributed by atoms with Gasteiger partial charge in [0.2, 0.25) is 0 Å². The minimum absolute atomic E-state index is 0.294. The minimum atomic E-state index is -1.37. The first kappa shape index (κ1) is 14.1. The molecule has 0 aliphatic rings. The summed E-state index contributed by atoms with van der Waals surface area (Å²) in [6, 6.07) is 3.55. The van der Waals surface area contributed by atoms with Crippen LogP contribution < -0.4 is 0 Å². The molecule has 0 spiro atoms. The molecule has 0 atom stereocenters. The monoisotopic (exact) mass is 292 g/mol. The molecule has 2 aromatic rings. The molecule has 1 aromatic carbocycles. The topological polar surface area (TPSA) is 137 Å². The summed E-state index contributed by atoms with van der Waals surface area (Å²) in [4.78, 5) is 36.4. The molecule has 21 heavy (non-hydrogen) atoms. The van der Waals surface area contributed by atoms with Crippen molar-refractivity contribution >= 4 is 17.6 Å². The summed E-state index contributed by atoms with van der Waals surface area (Å²) in [5.41, 5.74) is -1.11. The number of carbonyl (C=O) groups excluding carboxylic acids is 1. The standard InChI is InChI=1S/C11H8N4O6/c1-21-11(18)9-12-5-14(13-9)8-6(10(16)17)3-2-4-7(8)15(19)20/h2-5H,1H3,(H,16,17). The first-order valence-corrected chi connectivity index (χ1v) is 5.46. The van der Waals surface area contributed by atoms with Crippen molar-refractivity contribution in [1.82, 2.24) is 14.8 Å². The molecule has 0 aliphatic heterocycles. The predicted molar refractivity (Wildman–Crippen MR) is 66.3 cm³/mol. The minimum Gasteiger partial charge on any atom is -0.478 e.